The van der Waals surface area contributed by atoms with Crippen LogP contribution in [0.4, 0.5) is 18.0 Å². The topological polar surface area (TPSA) is 87.5 Å². The molecule has 0 atom stereocenters. The summed E-state index contributed by atoms with van der Waals surface area (Å²) < 4.78 is 38.5. The lowest BCUT2D eigenvalue weighted by Gasteiger charge is -2.22. The van der Waals surface area contributed by atoms with Crippen LogP contribution >= 0.6 is 0 Å². The quantitative estimate of drug-likeness (QED) is 0.845. The number of carboxylic acids is 1. The number of hydrogen-bond donors (Lipinski definition) is 2. The molecule has 10 heteroatoms. The van der Waals surface area contributed by atoms with E-state index < -0.39 is 31.3 Å². The summed E-state index contributed by atoms with van der Waals surface area (Å²) in [4.78, 5) is 22.4. The number of halogens is 3. The highest BCUT2D eigenvalue weighted by atomic mass is 19.4. The largest absolute Gasteiger partial charge is 0.480 e. The maximum Gasteiger partial charge on any atom is 0.406 e. The number of urea groups is 1. The second kappa shape index (κ2) is 6.46. The van der Waals surface area contributed by atoms with Gasteiger partial charge in [0, 0.05) is 24.8 Å². The molecule has 0 aliphatic heterocycles. The minimum atomic E-state index is -4.67. The molecule has 1 heterocycles. The molecule has 7 nitrogen and oxygen atoms in total. The van der Waals surface area contributed by atoms with Crippen molar-refractivity contribution in [1.82, 2.24) is 20.0 Å². The molecule has 118 valence electrons. The van der Waals surface area contributed by atoms with Crippen LogP contribution in [0.5, 0.6) is 0 Å². The fourth-order valence-corrected chi connectivity index (χ4v) is 1.58. The molecule has 0 aliphatic rings. The first-order chi connectivity index (χ1) is 9.60. The van der Waals surface area contributed by atoms with Crippen molar-refractivity contribution in [1.29, 1.82) is 0 Å². The van der Waals surface area contributed by atoms with Crippen molar-refractivity contribution in [3.8, 4) is 0 Å². The maximum absolute atomic E-state index is 12.3. The SMILES string of the molecule is Cc1c(CNC(=O)N(CC(=O)O)CC(F)(F)F)cnn1C. The molecule has 2 N–H and O–H groups in total. The summed E-state index contributed by atoms with van der Waals surface area (Å²) in [7, 11) is 1.68. The summed E-state index contributed by atoms with van der Waals surface area (Å²) in [5, 5.41) is 14.7. The predicted molar refractivity (Wildman–Crippen MR) is 65.4 cm³/mol. The first-order valence-electron chi connectivity index (χ1n) is 5.89. The van der Waals surface area contributed by atoms with Crippen molar-refractivity contribution < 1.29 is 27.9 Å². The third kappa shape index (κ3) is 5.32. The molecule has 1 aromatic heterocycles. The van der Waals surface area contributed by atoms with Crippen molar-refractivity contribution >= 4 is 12.0 Å². The first kappa shape index (κ1) is 16.8. The van der Waals surface area contributed by atoms with Gasteiger partial charge < -0.3 is 15.3 Å². The van der Waals surface area contributed by atoms with Gasteiger partial charge in [-0.15, -0.1) is 0 Å². The molecule has 0 unspecified atom stereocenters. The molecule has 0 aromatic carbocycles. The van der Waals surface area contributed by atoms with Crippen LogP contribution in [0.15, 0.2) is 6.20 Å². The van der Waals surface area contributed by atoms with Crippen LogP contribution in [-0.2, 0) is 18.4 Å². The molecule has 0 aliphatic carbocycles. The summed E-state index contributed by atoms with van der Waals surface area (Å²) in [5.74, 6) is -1.52. The number of aliphatic carboxylic acids is 1. The number of aryl methyl sites for hydroxylation is 1. The molecular formula is C11H15F3N4O3. The number of rotatable bonds is 5. The third-order valence-electron chi connectivity index (χ3n) is 2.75. The van der Waals surface area contributed by atoms with Gasteiger partial charge in [0.2, 0.25) is 0 Å². The van der Waals surface area contributed by atoms with Gasteiger partial charge in [0.1, 0.15) is 13.1 Å². The van der Waals surface area contributed by atoms with E-state index in [0.717, 1.165) is 5.69 Å². The number of hydrogen-bond acceptors (Lipinski definition) is 3. The van der Waals surface area contributed by atoms with Gasteiger partial charge in [-0.2, -0.15) is 18.3 Å². The zero-order chi connectivity index (χ0) is 16.2. The third-order valence-corrected chi connectivity index (χ3v) is 2.75. The van der Waals surface area contributed by atoms with Gasteiger partial charge in [0.25, 0.3) is 0 Å². The van der Waals surface area contributed by atoms with E-state index in [1.165, 1.54) is 6.20 Å². The fourth-order valence-electron chi connectivity index (χ4n) is 1.58. The second-order valence-electron chi connectivity index (χ2n) is 4.40. The van der Waals surface area contributed by atoms with E-state index in [9.17, 15) is 22.8 Å². The van der Waals surface area contributed by atoms with Crippen molar-refractivity contribution in [2.45, 2.75) is 19.6 Å². The molecule has 0 radical (unpaired) electrons. The molecule has 0 saturated carbocycles. The van der Waals surface area contributed by atoms with E-state index in [0.29, 0.717) is 5.56 Å². The number of carbonyl (C=O) groups excluding carboxylic acids is 1. The van der Waals surface area contributed by atoms with Crippen LogP contribution in [0.2, 0.25) is 0 Å². The number of aromatic nitrogens is 2. The first-order valence-corrected chi connectivity index (χ1v) is 5.89. The lowest BCUT2D eigenvalue weighted by molar-refractivity contribution is -0.148. The average molecular weight is 308 g/mol. The van der Waals surface area contributed by atoms with Crippen molar-refractivity contribution in [3.63, 3.8) is 0 Å². The average Bonchev–Trinajstić information content (AvgIpc) is 2.64. The van der Waals surface area contributed by atoms with E-state index in [2.05, 4.69) is 10.4 Å². The lowest BCUT2D eigenvalue weighted by Crippen LogP contribution is -2.46. The van der Waals surface area contributed by atoms with Gasteiger partial charge in [-0.05, 0) is 6.92 Å². The number of amides is 2. The minimum absolute atomic E-state index is 0.0352. The van der Waals surface area contributed by atoms with Gasteiger partial charge in [-0.25, -0.2) is 4.79 Å². The second-order valence-corrected chi connectivity index (χ2v) is 4.40. The van der Waals surface area contributed by atoms with Crippen LogP contribution < -0.4 is 5.32 Å². The number of carbonyl (C=O) groups is 2. The Morgan fingerprint density at radius 1 is 1.48 bits per heavy atom. The summed E-state index contributed by atoms with van der Waals surface area (Å²) in [6, 6.07) is -1.10. The smallest absolute Gasteiger partial charge is 0.406 e. The number of alkyl halides is 3. The Morgan fingerprint density at radius 3 is 2.52 bits per heavy atom. The Morgan fingerprint density at radius 2 is 2.10 bits per heavy atom. The molecule has 0 spiro atoms. The minimum Gasteiger partial charge on any atom is -0.480 e. The van der Waals surface area contributed by atoms with Crippen LogP contribution in [0, 0.1) is 6.92 Å². The Hall–Kier alpha value is -2.26. The van der Waals surface area contributed by atoms with Crippen molar-refractivity contribution in [2.24, 2.45) is 7.05 Å². The van der Waals surface area contributed by atoms with E-state index in [1.54, 1.807) is 18.7 Å². The number of nitrogens with one attached hydrogen (secondary N) is 1. The van der Waals surface area contributed by atoms with Crippen molar-refractivity contribution in [2.75, 3.05) is 13.1 Å². The zero-order valence-corrected chi connectivity index (χ0v) is 11.4. The number of nitrogens with zero attached hydrogens (tertiary/aromatic N) is 3. The van der Waals surface area contributed by atoms with Crippen molar-refractivity contribution in [3.05, 3.63) is 17.5 Å². The zero-order valence-electron chi connectivity index (χ0n) is 11.4. The Kier molecular flexibility index (Phi) is 5.17. The Labute approximate surface area is 118 Å². The summed E-state index contributed by atoms with van der Waals surface area (Å²) in [5.41, 5.74) is 1.38. The van der Waals surface area contributed by atoms with Gasteiger partial charge in [-0.1, -0.05) is 0 Å². The Bertz CT molecular complexity index is 527. The fraction of sp³-hybridized carbons (Fsp3) is 0.545. The maximum atomic E-state index is 12.3. The molecule has 1 aromatic rings. The predicted octanol–water partition coefficient (Wildman–Crippen LogP) is 0.887. The molecule has 0 bridgehead atoms. The monoisotopic (exact) mass is 308 g/mol. The van der Waals surface area contributed by atoms with Crippen LogP contribution in [0.3, 0.4) is 0 Å². The number of carboxylic acid groups (broad SMARTS) is 1. The van der Waals surface area contributed by atoms with E-state index in [4.69, 9.17) is 5.11 Å². The van der Waals surface area contributed by atoms with Crippen LogP contribution in [0.1, 0.15) is 11.3 Å². The highest BCUT2D eigenvalue weighted by Crippen LogP contribution is 2.16. The van der Waals surface area contributed by atoms with E-state index >= 15 is 0 Å². The van der Waals surface area contributed by atoms with Gasteiger partial charge >= 0.3 is 18.2 Å². The van der Waals surface area contributed by atoms with E-state index in [1.807, 2.05) is 0 Å². The van der Waals surface area contributed by atoms with E-state index in [-0.39, 0.29) is 11.4 Å². The molecule has 1 rings (SSSR count). The summed E-state index contributed by atoms with van der Waals surface area (Å²) in [6.07, 6.45) is -3.20. The van der Waals surface area contributed by atoms with Gasteiger partial charge in [0.15, 0.2) is 0 Å². The molecule has 2 amide bonds. The Balaban J connectivity index is 2.68. The molecule has 21 heavy (non-hydrogen) atoms. The lowest BCUT2D eigenvalue weighted by atomic mass is 10.2. The molecular weight excluding hydrogens is 293 g/mol. The molecule has 0 fully saturated rings. The van der Waals surface area contributed by atoms with Crippen LogP contribution in [-0.4, -0.2) is 51.1 Å². The molecule has 0 saturated heterocycles. The normalized spacial score (nSPS) is 11.3. The summed E-state index contributed by atoms with van der Waals surface area (Å²) >= 11 is 0. The van der Waals surface area contributed by atoms with Gasteiger partial charge in [0.05, 0.1) is 6.20 Å². The highest BCUT2D eigenvalue weighted by molar-refractivity contribution is 5.80. The standard InChI is InChI=1S/C11H15F3N4O3/c1-7-8(4-16-17(7)2)3-15-10(21)18(5-9(19)20)6-11(12,13)14/h4H,3,5-6H2,1-2H3,(H,15,21)(H,19,20). The highest BCUT2D eigenvalue weighted by Gasteiger charge is 2.34. The van der Waals surface area contributed by atoms with Gasteiger partial charge in [-0.3, -0.25) is 9.48 Å². The van der Waals surface area contributed by atoms with Crippen LogP contribution in [0.25, 0.3) is 0 Å². The summed E-state index contributed by atoms with van der Waals surface area (Å²) in [6.45, 7) is -0.958.